The zero-order valence-corrected chi connectivity index (χ0v) is 28.2. The van der Waals surface area contributed by atoms with Crippen molar-refractivity contribution in [2.45, 2.75) is 123 Å². The van der Waals surface area contributed by atoms with Crippen molar-refractivity contribution < 1.29 is 19.0 Å². The number of hydrogen-bond acceptors (Lipinski definition) is 7. The van der Waals surface area contributed by atoms with Crippen LogP contribution >= 0.6 is 0 Å². The fourth-order valence-corrected chi connectivity index (χ4v) is 6.25. The Balaban J connectivity index is 1.72. The summed E-state index contributed by atoms with van der Waals surface area (Å²) >= 11 is 0. The van der Waals surface area contributed by atoms with E-state index >= 15 is 0 Å². The highest BCUT2D eigenvalue weighted by Crippen LogP contribution is 2.39. The van der Waals surface area contributed by atoms with Gasteiger partial charge in [-0.05, 0) is 79.0 Å². The van der Waals surface area contributed by atoms with Gasteiger partial charge in [0.05, 0.1) is 40.3 Å². The van der Waals surface area contributed by atoms with Gasteiger partial charge in [0.2, 0.25) is 0 Å². The van der Waals surface area contributed by atoms with Gasteiger partial charge < -0.3 is 19.5 Å². The van der Waals surface area contributed by atoms with Crippen molar-refractivity contribution in [1.29, 1.82) is 0 Å². The molecule has 3 aromatic heterocycles. The number of alkyl carbamates (subject to hydrolysis) is 1. The van der Waals surface area contributed by atoms with Gasteiger partial charge in [-0.15, -0.1) is 0 Å². The lowest BCUT2D eigenvalue weighted by Crippen LogP contribution is -2.33. The van der Waals surface area contributed by atoms with Gasteiger partial charge in [0.15, 0.2) is 5.82 Å². The predicted molar refractivity (Wildman–Crippen MR) is 168 cm³/mol. The molecule has 4 rings (SSSR count). The van der Waals surface area contributed by atoms with E-state index in [1.165, 1.54) is 0 Å². The molecule has 2 atom stereocenters. The number of ether oxygens (including phenoxy) is 3. The lowest BCUT2D eigenvalue weighted by molar-refractivity contribution is 0.0906. The van der Waals surface area contributed by atoms with Crippen LogP contribution in [0.5, 0.6) is 0 Å². The van der Waals surface area contributed by atoms with E-state index in [4.69, 9.17) is 29.3 Å². The number of aromatic nitrogens is 5. The van der Waals surface area contributed by atoms with Crippen molar-refractivity contribution in [3.63, 3.8) is 0 Å². The third-order valence-electron chi connectivity index (χ3n) is 7.54. The first kappa shape index (κ1) is 32.2. The number of nitrogens with one attached hydrogen (secondary N) is 1. The Morgan fingerprint density at radius 1 is 1.17 bits per heavy atom. The zero-order chi connectivity index (χ0) is 30.8. The van der Waals surface area contributed by atoms with Crippen LogP contribution in [-0.2, 0) is 33.1 Å². The SMILES string of the molecule is COCc1cc2nc(-c3cc([C@H]4CC[C@@H](OC(=O)NC(C)C)C4)nn3C(C)(C)C)n(COCC[Si](C)(C)C)c2c(C)n1. The van der Waals surface area contributed by atoms with Crippen LogP contribution in [0.15, 0.2) is 12.1 Å². The Hall–Kier alpha value is -2.76. The molecule has 0 aromatic carbocycles. The minimum absolute atomic E-state index is 0.0444. The molecule has 11 heteroatoms. The molecular formula is C31H50N6O4Si. The number of hydrogen-bond donors (Lipinski definition) is 1. The summed E-state index contributed by atoms with van der Waals surface area (Å²) in [7, 11) is 0.443. The van der Waals surface area contributed by atoms with Gasteiger partial charge in [0.25, 0.3) is 0 Å². The molecule has 1 saturated carbocycles. The first-order chi connectivity index (χ1) is 19.7. The fourth-order valence-electron chi connectivity index (χ4n) is 5.50. The molecule has 0 bridgehead atoms. The Labute approximate surface area is 251 Å². The lowest BCUT2D eigenvalue weighted by Gasteiger charge is -2.23. The topological polar surface area (TPSA) is 105 Å². The van der Waals surface area contributed by atoms with E-state index in [1.54, 1.807) is 7.11 Å². The summed E-state index contributed by atoms with van der Waals surface area (Å²) in [5.41, 5.74) is 5.24. The van der Waals surface area contributed by atoms with Gasteiger partial charge in [-0.3, -0.25) is 14.2 Å². The molecule has 1 amide bonds. The second-order valence-electron chi connectivity index (χ2n) is 14.1. The van der Waals surface area contributed by atoms with Crippen LogP contribution in [0.1, 0.15) is 76.9 Å². The van der Waals surface area contributed by atoms with Crippen molar-refractivity contribution in [2.24, 2.45) is 0 Å². The number of aryl methyl sites for hydroxylation is 1. The van der Waals surface area contributed by atoms with Crippen LogP contribution < -0.4 is 5.32 Å². The number of nitrogens with zero attached hydrogens (tertiary/aromatic N) is 5. The first-order valence-corrected chi connectivity index (χ1v) is 18.9. The molecule has 42 heavy (non-hydrogen) atoms. The van der Waals surface area contributed by atoms with Crippen LogP contribution in [0.4, 0.5) is 4.79 Å². The Morgan fingerprint density at radius 3 is 2.55 bits per heavy atom. The molecular weight excluding hydrogens is 548 g/mol. The molecule has 1 fully saturated rings. The minimum atomic E-state index is -1.23. The first-order valence-electron chi connectivity index (χ1n) is 15.2. The summed E-state index contributed by atoms with van der Waals surface area (Å²) in [6.07, 6.45) is 2.03. The Bertz CT molecular complexity index is 1380. The van der Waals surface area contributed by atoms with Gasteiger partial charge in [-0.1, -0.05) is 19.6 Å². The van der Waals surface area contributed by atoms with E-state index in [0.717, 1.165) is 64.9 Å². The highest BCUT2D eigenvalue weighted by molar-refractivity contribution is 6.76. The monoisotopic (exact) mass is 598 g/mol. The molecule has 0 saturated heterocycles. The van der Waals surface area contributed by atoms with Crippen molar-refractivity contribution in [3.05, 3.63) is 29.2 Å². The highest BCUT2D eigenvalue weighted by atomic mass is 28.3. The van der Waals surface area contributed by atoms with Crippen LogP contribution in [0.2, 0.25) is 25.7 Å². The number of pyridine rings is 1. The minimum Gasteiger partial charge on any atom is -0.446 e. The van der Waals surface area contributed by atoms with E-state index in [9.17, 15) is 4.79 Å². The number of imidazole rings is 1. The quantitative estimate of drug-likeness (QED) is 0.196. The fraction of sp³-hybridized carbons (Fsp3) is 0.677. The molecule has 3 heterocycles. The Kier molecular flexibility index (Phi) is 9.84. The maximum absolute atomic E-state index is 12.2. The van der Waals surface area contributed by atoms with Gasteiger partial charge in [-0.25, -0.2) is 9.78 Å². The maximum Gasteiger partial charge on any atom is 0.407 e. The van der Waals surface area contributed by atoms with Crippen LogP contribution in [0, 0.1) is 6.92 Å². The number of rotatable bonds is 11. The van der Waals surface area contributed by atoms with Gasteiger partial charge >= 0.3 is 6.09 Å². The molecule has 232 valence electrons. The summed E-state index contributed by atoms with van der Waals surface area (Å²) in [4.78, 5) is 22.2. The van der Waals surface area contributed by atoms with Crippen LogP contribution in [0.3, 0.4) is 0 Å². The van der Waals surface area contributed by atoms with Crippen molar-refractivity contribution >= 4 is 25.2 Å². The largest absolute Gasteiger partial charge is 0.446 e. The van der Waals surface area contributed by atoms with Crippen LogP contribution in [0.25, 0.3) is 22.6 Å². The second-order valence-corrected chi connectivity index (χ2v) is 19.7. The number of fused-ring (bicyclic) bond motifs is 1. The number of methoxy groups -OCH3 is 1. The standard InChI is InChI=1S/C31H50N6O4Si/c1-20(2)32-30(38)41-24-12-11-22(15-24)25-17-27(37(35-25)31(4,5)6)29-34-26-16-23(18-39-7)33-21(3)28(26)36(29)19-40-13-14-42(8,9)10/h16-17,20,22,24H,11-15,18-19H2,1-10H3,(H,32,38)/t22-,24+/m0/s1. The van der Waals surface area contributed by atoms with Gasteiger partial charge in [0, 0.05) is 33.8 Å². The van der Waals surface area contributed by atoms with E-state index in [-0.39, 0.29) is 29.7 Å². The van der Waals surface area contributed by atoms with Gasteiger partial charge in [-0.2, -0.15) is 5.10 Å². The zero-order valence-electron chi connectivity index (χ0n) is 27.2. The predicted octanol–water partition coefficient (Wildman–Crippen LogP) is 6.59. The molecule has 0 unspecified atom stereocenters. The number of amides is 1. The molecule has 3 aromatic rings. The van der Waals surface area contributed by atoms with E-state index in [0.29, 0.717) is 19.9 Å². The van der Waals surface area contributed by atoms with E-state index in [2.05, 4.69) is 61.0 Å². The molecule has 1 aliphatic rings. The summed E-state index contributed by atoms with van der Waals surface area (Å²) in [5, 5.41) is 7.98. The average Bonchev–Trinajstić information content (AvgIpc) is 3.57. The van der Waals surface area contributed by atoms with Crippen LogP contribution in [-0.4, -0.2) is 64.3 Å². The molecule has 0 spiro atoms. The summed E-state index contributed by atoms with van der Waals surface area (Å²) in [6, 6.07) is 5.32. The smallest absolute Gasteiger partial charge is 0.407 e. The third kappa shape index (κ3) is 7.79. The average molecular weight is 599 g/mol. The second kappa shape index (κ2) is 12.8. The van der Waals surface area contributed by atoms with Crippen molar-refractivity contribution in [1.82, 2.24) is 29.6 Å². The van der Waals surface area contributed by atoms with E-state index in [1.807, 2.05) is 26.8 Å². The van der Waals surface area contributed by atoms with Crippen molar-refractivity contribution in [2.75, 3.05) is 13.7 Å². The molecule has 1 aliphatic carbocycles. The summed E-state index contributed by atoms with van der Waals surface area (Å²) in [5.74, 6) is 1.01. The van der Waals surface area contributed by atoms with E-state index < -0.39 is 8.07 Å². The lowest BCUT2D eigenvalue weighted by atomic mass is 10.0. The van der Waals surface area contributed by atoms with Crippen molar-refractivity contribution in [3.8, 4) is 11.5 Å². The Morgan fingerprint density at radius 2 is 1.90 bits per heavy atom. The highest BCUT2D eigenvalue weighted by Gasteiger charge is 2.33. The summed E-state index contributed by atoms with van der Waals surface area (Å²) < 4.78 is 21.6. The molecule has 1 N–H and O–H groups in total. The molecule has 0 aliphatic heterocycles. The molecule has 10 nitrogen and oxygen atoms in total. The van der Waals surface area contributed by atoms with Gasteiger partial charge in [0.1, 0.15) is 18.5 Å². The number of carbonyl (C=O) groups excluding carboxylic acids is 1. The molecule has 0 radical (unpaired) electrons. The number of carbonyl (C=O) groups is 1. The summed E-state index contributed by atoms with van der Waals surface area (Å²) in [6.45, 7) is 21.0. The normalized spacial score (nSPS) is 17.9. The maximum atomic E-state index is 12.2. The third-order valence-corrected chi connectivity index (χ3v) is 9.24.